The maximum Gasteiger partial charge on any atom is 0.312 e. The molecule has 2 saturated carbocycles. The van der Waals surface area contributed by atoms with Crippen LogP contribution in [0.25, 0.3) is 0 Å². The number of benzene rings is 5. The second kappa shape index (κ2) is 25.9. The highest BCUT2D eigenvalue weighted by Gasteiger charge is 2.48. The quantitative estimate of drug-likeness (QED) is 0.0682. The van der Waals surface area contributed by atoms with Gasteiger partial charge in [0.2, 0.25) is 0 Å². The van der Waals surface area contributed by atoms with Crippen molar-refractivity contribution in [2.45, 2.75) is 183 Å². The Labute approximate surface area is 435 Å². The van der Waals surface area contributed by atoms with Crippen molar-refractivity contribution >= 4 is 17.9 Å². The maximum absolute atomic E-state index is 13.3. The minimum Gasteiger partial charge on any atom is -0.454 e. The van der Waals surface area contributed by atoms with Crippen LogP contribution in [0.15, 0.2) is 152 Å². The lowest BCUT2D eigenvalue weighted by Gasteiger charge is -2.44. The van der Waals surface area contributed by atoms with Gasteiger partial charge in [0.15, 0.2) is 11.2 Å². The zero-order chi connectivity index (χ0) is 52.5. The zero-order valence-electron chi connectivity index (χ0n) is 45.9. The van der Waals surface area contributed by atoms with E-state index in [9.17, 15) is 14.4 Å². The largest absolute Gasteiger partial charge is 0.454 e. The summed E-state index contributed by atoms with van der Waals surface area (Å²) in [5, 5.41) is 0. The number of hydrogen-bond acceptors (Lipinski definition) is 6. The summed E-state index contributed by atoms with van der Waals surface area (Å²) in [4.78, 5) is 38.8. The third-order valence-corrected chi connectivity index (χ3v) is 16.4. The van der Waals surface area contributed by atoms with E-state index in [-0.39, 0.29) is 17.9 Å². The molecule has 0 aromatic heterocycles. The molecule has 7 rings (SSSR count). The highest BCUT2D eigenvalue weighted by molar-refractivity contribution is 5.78. The number of carbonyl (C=O) groups is 3. The summed E-state index contributed by atoms with van der Waals surface area (Å²) < 4.78 is 18.9. The molecule has 2 fully saturated rings. The van der Waals surface area contributed by atoms with E-state index in [1.54, 1.807) is 0 Å². The number of ether oxygens (including phenoxy) is 3. The van der Waals surface area contributed by atoms with Gasteiger partial charge in [0.05, 0.1) is 16.2 Å². The van der Waals surface area contributed by atoms with E-state index in [0.29, 0.717) is 18.3 Å². The first-order valence-corrected chi connectivity index (χ1v) is 27.3. The summed E-state index contributed by atoms with van der Waals surface area (Å²) in [5.74, 6) is 0.373. The predicted octanol–water partition coefficient (Wildman–Crippen LogP) is 17.3. The molecule has 2 aliphatic rings. The van der Waals surface area contributed by atoms with Gasteiger partial charge in [-0.2, -0.15) is 0 Å². The van der Waals surface area contributed by atoms with Gasteiger partial charge in [-0.05, 0) is 105 Å². The normalized spacial score (nSPS) is 15.8. The number of carbonyl (C=O) groups excluding carboxylic acids is 3. The fourth-order valence-electron chi connectivity index (χ4n) is 10.0. The van der Waals surface area contributed by atoms with Crippen LogP contribution in [-0.4, -0.2) is 17.9 Å². The van der Waals surface area contributed by atoms with Crippen LogP contribution in [0.3, 0.4) is 0 Å². The Bertz CT molecular complexity index is 2300. The van der Waals surface area contributed by atoms with Crippen LogP contribution < -0.4 is 0 Å². The molecular formula is C66H88O6. The van der Waals surface area contributed by atoms with Crippen molar-refractivity contribution in [3.63, 3.8) is 0 Å². The molecule has 0 spiro atoms. The van der Waals surface area contributed by atoms with Gasteiger partial charge in [-0.25, -0.2) is 0 Å². The lowest BCUT2D eigenvalue weighted by Crippen LogP contribution is -2.45. The predicted molar refractivity (Wildman–Crippen MR) is 295 cm³/mol. The highest BCUT2D eigenvalue weighted by Crippen LogP contribution is 2.49. The van der Waals surface area contributed by atoms with Crippen LogP contribution in [-0.2, 0) is 45.4 Å². The van der Waals surface area contributed by atoms with Crippen molar-refractivity contribution in [3.8, 4) is 0 Å². The average molecular weight is 977 g/mol. The van der Waals surface area contributed by atoms with E-state index in [4.69, 9.17) is 14.2 Å². The van der Waals surface area contributed by atoms with Gasteiger partial charge < -0.3 is 14.2 Å². The molecule has 0 saturated heterocycles. The van der Waals surface area contributed by atoms with Crippen molar-refractivity contribution in [3.05, 3.63) is 179 Å². The zero-order valence-corrected chi connectivity index (χ0v) is 45.9. The molecule has 0 N–H and O–H groups in total. The monoisotopic (exact) mass is 977 g/mol. The first-order valence-electron chi connectivity index (χ1n) is 27.3. The molecule has 1 atom stereocenters. The SMILES string of the molecule is CCC(C)(C)C(=O)OC(C)(c1ccccc1)C1CCCCC1.CCC(C)(C)C(=O)OC(CC)(c1ccccc1)c1ccccc1.CCC(C)(C)C(=O)OC(c1ccccc1)(c1ccccc1)C1CCCCC1. The van der Waals surface area contributed by atoms with Crippen LogP contribution in [0.2, 0.25) is 0 Å². The summed E-state index contributed by atoms with van der Waals surface area (Å²) in [6.07, 6.45) is 14.9. The van der Waals surface area contributed by atoms with Gasteiger partial charge in [-0.3, -0.25) is 14.4 Å². The molecule has 388 valence electrons. The molecule has 72 heavy (non-hydrogen) atoms. The molecule has 2 aliphatic carbocycles. The van der Waals surface area contributed by atoms with E-state index in [1.807, 2.05) is 146 Å². The summed E-state index contributed by atoms with van der Waals surface area (Å²) in [6.45, 7) is 22.1. The topological polar surface area (TPSA) is 78.9 Å². The molecule has 5 aromatic carbocycles. The minimum absolute atomic E-state index is 0.0769. The maximum atomic E-state index is 13.3. The van der Waals surface area contributed by atoms with Crippen LogP contribution >= 0.6 is 0 Å². The fraction of sp³-hybridized carbons (Fsp3) is 0.500. The second-order valence-corrected chi connectivity index (χ2v) is 22.4. The summed E-state index contributed by atoms with van der Waals surface area (Å²) in [6, 6.07) is 51.0. The average Bonchev–Trinajstić information content (AvgIpc) is 3.43. The number of hydrogen-bond donors (Lipinski definition) is 0. The van der Waals surface area contributed by atoms with Crippen LogP contribution in [0.1, 0.15) is 194 Å². The summed E-state index contributed by atoms with van der Waals surface area (Å²) >= 11 is 0. The van der Waals surface area contributed by atoms with Crippen molar-refractivity contribution < 1.29 is 28.6 Å². The first kappa shape index (κ1) is 57.4. The van der Waals surface area contributed by atoms with Gasteiger partial charge in [-0.1, -0.05) is 218 Å². The van der Waals surface area contributed by atoms with Crippen LogP contribution in [0.4, 0.5) is 0 Å². The van der Waals surface area contributed by atoms with Crippen molar-refractivity contribution in [1.82, 2.24) is 0 Å². The van der Waals surface area contributed by atoms with E-state index >= 15 is 0 Å². The van der Waals surface area contributed by atoms with E-state index in [0.717, 1.165) is 72.8 Å². The Kier molecular flexibility index (Phi) is 20.7. The summed E-state index contributed by atoms with van der Waals surface area (Å²) in [5.41, 5.74) is 1.93. The third kappa shape index (κ3) is 13.8. The lowest BCUT2D eigenvalue weighted by molar-refractivity contribution is -0.178. The third-order valence-electron chi connectivity index (χ3n) is 16.4. The van der Waals surface area contributed by atoms with Crippen molar-refractivity contribution in [2.75, 3.05) is 0 Å². The van der Waals surface area contributed by atoms with E-state index < -0.39 is 33.0 Å². The Morgan fingerprint density at radius 3 is 0.986 bits per heavy atom. The first-order chi connectivity index (χ1) is 34.4. The number of esters is 3. The lowest BCUT2D eigenvalue weighted by atomic mass is 9.69. The van der Waals surface area contributed by atoms with Crippen LogP contribution in [0, 0.1) is 28.1 Å². The van der Waals surface area contributed by atoms with Crippen molar-refractivity contribution in [2.24, 2.45) is 28.1 Å². The molecule has 5 aromatic rings. The molecule has 0 bridgehead atoms. The molecule has 0 amide bonds. The molecule has 0 radical (unpaired) electrons. The molecule has 6 heteroatoms. The van der Waals surface area contributed by atoms with Gasteiger partial charge >= 0.3 is 17.9 Å². The highest BCUT2D eigenvalue weighted by atomic mass is 16.6. The van der Waals surface area contributed by atoms with Gasteiger partial charge in [0.1, 0.15) is 5.60 Å². The van der Waals surface area contributed by atoms with Gasteiger partial charge in [0.25, 0.3) is 0 Å². The summed E-state index contributed by atoms with van der Waals surface area (Å²) in [7, 11) is 0. The van der Waals surface area contributed by atoms with Crippen LogP contribution in [0.5, 0.6) is 0 Å². The van der Waals surface area contributed by atoms with E-state index in [1.165, 1.54) is 38.5 Å². The van der Waals surface area contributed by atoms with E-state index in [2.05, 4.69) is 81.4 Å². The molecular weight excluding hydrogens is 889 g/mol. The number of rotatable bonds is 17. The molecule has 6 nitrogen and oxygen atoms in total. The minimum atomic E-state index is -0.744. The Balaban J connectivity index is 0.000000202. The Morgan fingerprint density at radius 2 is 0.653 bits per heavy atom. The molecule has 0 aliphatic heterocycles. The van der Waals surface area contributed by atoms with Gasteiger partial charge in [0, 0.05) is 34.1 Å². The smallest absolute Gasteiger partial charge is 0.312 e. The Hall–Kier alpha value is -5.49. The standard InChI is InChI=1S/C25H32O2.C21H26O2.C20H30O2/c1-4-24(2,3)23(26)27-25(20-14-8-5-9-15-20,21-16-10-6-11-17-21)22-18-12-7-13-19-22;1-5-20(3,4)19(22)23-21(6-2,17-13-9-7-10-14-17)18-15-11-8-12-16-18;1-5-19(2,3)18(21)22-20(4,16-12-8-6-9-13-16)17-14-10-7-11-15-17/h5-6,8-11,14-17,22H,4,7,12-13,18-19H2,1-3H3;7-16H,5-6H2,1-4H3;6,8-9,12-13,17H,5,7,10-11,14-15H2,1-4H3. The fourth-order valence-corrected chi connectivity index (χ4v) is 10.0. The molecule has 1 unspecified atom stereocenters. The van der Waals surface area contributed by atoms with Crippen molar-refractivity contribution in [1.29, 1.82) is 0 Å². The second-order valence-electron chi connectivity index (χ2n) is 22.4. The van der Waals surface area contributed by atoms with Gasteiger partial charge in [-0.15, -0.1) is 0 Å². The molecule has 0 heterocycles. The Morgan fingerprint density at radius 1 is 0.361 bits per heavy atom.